The largest absolute Gasteiger partial charge is 0.384 e. The third-order valence-electron chi connectivity index (χ3n) is 6.32. The maximum absolute atomic E-state index is 13.1. The molecule has 4 aromatic heterocycles. The average Bonchev–Trinajstić information content (AvgIpc) is 2.93. The molecule has 0 fully saturated rings. The second-order valence-corrected chi connectivity index (χ2v) is 11.8. The zero-order chi connectivity index (χ0) is 33.7. The lowest BCUT2D eigenvalue weighted by atomic mass is 10.0. The standard InChI is InChI=1S/C9H14N2.C8H11ClN2.C8H10F2N2.C8H12N2/c1-6(2)8-4-7(3)11-9(10)5-8;1-5(2)6-3-4-11-8(10)7(6)9;1-4(2)6-5(9)3-12-8(11)7(6)10;1-6(2)7-3-4-10-8(9)5-7/h4-6H,1-3H3,(H2,10,11);3-5H,1-2H3,(H2,10,11);3-4H,1-2H3,(H2,11,12);3-6H,1-2H3,(H2,9,10). The molecule has 0 saturated carbocycles. The van der Waals surface area contributed by atoms with Crippen LogP contribution >= 0.6 is 11.6 Å². The second-order valence-electron chi connectivity index (χ2n) is 11.4. The molecule has 0 aliphatic heterocycles. The molecule has 0 aliphatic rings. The number of aryl methyl sites for hydroxylation is 1. The van der Waals surface area contributed by atoms with Crippen LogP contribution < -0.4 is 22.9 Å². The van der Waals surface area contributed by atoms with E-state index in [1.807, 2.05) is 31.2 Å². The van der Waals surface area contributed by atoms with Gasteiger partial charge in [-0.1, -0.05) is 67.0 Å². The molecule has 8 N–H and O–H groups in total. The Bertz CT molecular complexity index is 1460. The SMILES string of the molecule is CC(C)c1c(F)cnc(N)c1F.CC(C)c1ccnc(N)c1.CC(C)c1ccnc(N)c1Cl.Cc1cc(C(C)C)cc(N)n1. The van der Waals surface area contributed by atoms with Crippen molar-refractivity contribution in [1.82, 2.24) is 19.9 Å². The Morgan fingerprint density at radius 1 is 0.659 bits per heavy atom. The van der Waals surface area contributed by atoms with Crippen molar-refractivity contribution in [3.05, 3.63) is 93.5 Å². The molecule has 0 unspecified atom stereocenters. The topological polar surface area (TPSA) is 156 Å². The predicted molar refractivity (Wildman–Crippen MR) is 181 cm³/mol. The van der Waals surface area contributed by atoms with Crippen molar-refractivity contribution in [2.75, 3.05) is 22.9 Å². The molecule has 0 bridgehead atoms. The van der Waals surface area contributed by atoms with Gasteiger partial charge < -0.3 is 22.9 Å². The van der Waals surface area contributed by atoms with Crippen LogP contribution in [0.4, 0.5) is 32.1 Å². The van der Waals surface area contributed by atoms with E-state index in [0.29, 0.717) is 40.2 Å². The first kappa shape index (κ1) is 38.0. The van der Waals surface area contributed by atoms with Gasteiger partial charge >= 0.3 is 0 Å². The number of aromatic nitrogens is 4. The average molecular weight is 629 g/mol. The summed E-state index contributed by atoms with van der Waals surface area (Å²) in [5.41, 5.74) is 26.3. The zero-order valence-corrected chi connectivity index (χ0v) is 27.9. The summed E-state index contributed by atoms with van der Waals surface area (Å²) in [5.74, 6) is 1.23. The normalized spacial score (nSPS) is 10.5. The van der Waals surface area contributed by atoms with Crippen LogP contribution in [0.1, 0.15) is 107 Å². The van der Waals surface area contributed by atoms with Crippen LogP contribution in [0.25, 0.3) is 0 Å². The van der Waals surface area contributed by atoms with Gasteiger partial charge in [-0.05, 0) is 77.6 Å². The highest BCUT2D eigenvalue weighted by atomic mass is 35.5. The molecule has 0 radical (unpaired) electrons. The number of rotatable bonds is 4. The summed E-state index contributed by atoms with van der Waals surface area (Å²) in [6.07, 6.45) is 4.36. The first-order valence-corrected chi connectivity index (χ1v) is 14.8. The summed E-state index contributed by atoms with van der Waals surface area (Å²) < 4.78 is 26.0. The maximum atomic E-state index is 13.1. The van der Waals surface area contributed by atoms with Crippen LogP contribution in [0.3, 0.4) is 0 Å². The highest BCUT2D eigenvalue weighted by molar-refractivity contribution is 6.33. The summed E-state index contributed by atoms with van der Waals surface area (Å²) in [7, 11) is 0. The molecule has 44 heavy (non-hydrogen) atoms. The number of hydrogen-bond acceptors (Lipinski definition) is 8. The van der Waals surface area contributed by atoms with Crippen molar-refractivity contribution in [1.29, 1.82) is 0 Å². The number of nitrogen functional groups attached to an aromatic ring is 4. The van der Waals surface area contributed by atoms with Crippen molar-refractivity contribution in [3.63, 3.8) is 0 Å². The Hall–Kier alpha value is -4.05. The number of pyridine rings is 4. The molecule has 8 nitrogen and oxygen atoms in total. The molecule has 0 saturated heterocycles. The van der Waals surface area contributed by atoms with Crippen LogP contribution in [-0.2, 0) is 0 Å². The molecule has 11 heteroatoms. The Morgan fingerprint density at radius 2 is 1.23 bits per heavy atom. The third kappa shape index (κ3) is 12.3. The molecule has 0 spiro atoms. The summed E-state index contributed by atoms with van der Waals surface area (Å²) >= 11 is 5.90. The van der Waals surface area contributed by atoms with Gasteiger partial charge in [-0.3, -0.25) is 0 Å². The van der Waals surface area contributed by atoms with E-state index in [0.717, 1.165) is 17.5 Å². The molecule has 240 valence electrons. The fraction of sp³-hybridized carbons (Fsp3) is 0.394. The van der Waals surface area contributed by atoms with E-state index in [-0.39, 0.29) is 17.3 Å². The Kier molecular flexibility index (Phi) is 15.5. The van der Waals surface area contributed by atoms with Gasteiger partial charge in [-0.25, -0.2) is 28.7 Å². The summed E-state index contributed by atoms with van der Waals surface area (Å²) in [6, 6.07) is 9.79. The molecule has 4 heterocycles. The molecule has 0 aromatic carbocycles. The van der Waals surface area contributed by atoms with E-state index < -0.39 is 11.6 Å². The highest BCUT2D eigenvalue weighted by Gasteiger charge is 2.15. The molecular weight excluding hydrogens is 582 g/mol. The third-order valence-corrected chi connectivity index (χ3v) is 6.73. The zero-order valence-electron chi connectivity index (χ0n) is 27.2. The van der Waals surface area contributed by atoms with E-state index in [2.05, 4.69) is 67.5 Å². The lowest BCUT2D eigenvalue weighted by Gasteiger charge is -2.08. The maximum Gasteiger partial charge on any atom is 0.171 e. The molecular formula is C33H47ClF2N8. The first-order valence-electron chi connectivity index (χ1n) is 14.4. The molecule has 0 amide bonds. The Balaban J connectivity index is 0.000000294. The van der Waals surface area contributed by atoms with Crippen LogP contribution in [0.15, 0.2) is 48.9 Å². The molecule has 0 aliphatic carbocycles. The monoisotopic (exact) mass is 628 g/mol. The van der Waals surface area contributed by atoms with E-state index in [1.54, 1.807) is 26.2 Å². The summed E-state index contributed by atoms with van der Waals surface area (Å²) in [6.45, 7) is 18.1. The first-order chi connectivity index (χ1) is 20.5. The lowest BCUT2D eigenvalue weighted by Crippen LogP contribution is -2.04. The lowest BCUT2D eigenvalue weighted by molar-refractivity contribution is 0.536. The van der Waals surface area contributed by atoms with Gasteiger partial charge in [0.2, 0.25) is 0 Å². The fourth-order valence-electron chi connectivity index (χ4n) is 3.83. The Morgan fingerprint density at radius 3 is 1.66 bits per heavy atom. The van der Waals surface area contributed by atoms with Gasteiger partial charge in [0.15, 0.2) is 11.6 Å². The quantitative estimate of drug-likeness (QED) is 0.175. The minimum absolute atomic E-state index is 0.00231. The van der Waals surface area contributed by atoms with Gasteiger partial charge in [0.1, 0.15) is 23.3 Å². The number of nitrogens with zero attached hydrogens (tertiary/aromatic N) is 4. The number of anilines is 4. The van der Waals surface area contributed by atoms with Gasteiger partial charge in [0.05, 0.1) is 11.2 Å². The van der Waals surface area contributed by atoms with Crippen LogP contribution in [0.5, 0.6) is 0 Å². The predicted octanol–water partition coefficient (Wildman–Crippen LogP) is 8.39. The van der Waals surface area contributed by atoms with E-state index in [1.165, 1.54) is 11.1 Å². The van der Waals surface area contributed by atoms with E-state index in [9.17, 15) is 8.78 Å². The molecule has 4 rings (SSSR count). The van der Waals surface area contributed by atoms with Crippen molar-refractivity contribution >= 4 is 34.9 Å². The minimum Gasteiger partial charge on any atom is -0.384 e. The van der Waals surface area contributed by atoms with E-state index in [4.69, 9.17) is 34.5 Å². The van der Waals surface area contributed by atoms with Crippen molar-refractivity contribution < 1.29 is 8.78 Å². The van der Waals surface area contributed by atoms with Gasteiger partial charge in [0, 0.05) is 23.7 Å². The molecule has 0 atom stereocenters. The van der Waals surface area contributed by atoms with Crippen molar-refractivity contribution in [3.8, 4) is 0 Å². The fourth-order valence-corrected chi connectivity index (χ4v) is 4.16. The van der Waals surface area contributed by atoms with Crippen molar-refractivity contribution in [2.45, 2.75) is 86.0 Å². The van der Waals surface area contributed by atoms with Gasteiger partial charge in [-0.2, -0.15) is 0 Å². The van der Waals surface area contributed by atoms with E-state index >= 15 is 0 Å². The second kappa shape index (κ2) is 17.9. The van der Waals surface area contributed by atoms with Crippen LogP contribution in [-0.4, -0.2) is 19.9 Å². The van der Waals surface area contributed by atoms with Gasteiger partial charge in [-0.15, -0.1) is 0 Å². The Labute approximate surface area is 265 Å². The highest BCUT2D eigenvalue weighted by Crippen LogP contribution is 2.27. The summed E-state index contributed by atoms with van der Waals surface area (Å²) in [4.78, 5) is 15.2. The number of hydrogen-bond donors (Lipinski definition) is 4. The summed E-state index contributed by atoms with van der Waals surface area (Å²) in [5, 5.41) is 0.586. The van der Waals surface area contributed by atoms with Crippen molar-refractivity contribution in [2.24, 2.45) is 0 Å². The van der Waals surface area contributed by atoms with Crippen LogP contribution in [0.2, 0.25) is 5.02 Å². The molecule has 4 aromatic rings. The number of halogens is 3. The smallest absolute Gasteiger partial charge is 0.171 e. The van der Waals surface area contributed by atoms with Gasteiger partial charge in [0.25, 0.3) is 0 Å². The number of nitrogens with two attached hydrogens (primary N) is 4. The minimum atomic E-state index is -0.745. The van der Waals surface area contributed by atoms with Crippen LogP contribution in [0, 0.1) is 18.6 Å².